The summed E-state index contributed by atoms with van der Waals surface area (Å²) in [5.74, 6) is -1.65. The zero-order valence-electron chi connectivity index (χ0n) is 16.1. The monoisotopic (exact) mass is 426 g/mol. The van der Waals surface area contributed by atoms with Gasteiger partial charge in [-0.2, -0.15) is 0 Å². The second-order valence-corrected chi connectivity index (χ2v) is 7.16. The summed E-state index contributed by atoms with van der Waals surface area (Å²) in [6, 6.07) is 13.5. The summed E-state index contributed by atoms with van der Waals surface area (Å²) in [4.78, 5) is 40.1. The Kier molecular flexibility index (Phi) is 6.53. The first-order chi connectivity index (χ1) is 14.4. The van der Waals surface area contributed by atoms with Gasteiger partial charge in [-0.05, 0) is 43.0 Å². The van der Waals surface area contributed by atoms with Crippen molar-refractivity contribution in [3.63, 3.8) is 0 Å². The average Bonchev–Trinajstić information content (AvgIpc) is 3.07. The van der Waals surface area contributed by atoms with Gasteiger partial charge in [-0.15, -0.1) is 0 Å². The van der Waals surface area contributed by atoms with E-state index in [1.54, 1.807) is 54.6 Å². The maximum Gasteiger partial charge on any atom is 0.344 e. The number of para-hydroxylation sites is 2. The molecule has 1 atom stereocenters. The van der Waals surface area contributed by atoms with Gasteiger partial charge in [0.1, 0.15) is 5.75 Å². The van der Waals surface area contributed by atoms with Gasteiger partial charge in [-0.1, -0.05) is 30.3 Å². The Morgan fingerprint density at radius 1 is 1.17 bits per heavy atom. The maximum absolute atomic E-state index is 12.4. The van der Waals surface area contributed by atoms with Crippen LogP contribution in [0, 0.1) is 0 Å². The van der Waals surface area contributed by atoms with E-state index in [1.165, 1.54) is 14.0 Å². The van der Waals surface area contributed by atoms with Crippen molar-refractivity contribution in [2.45, 2.75) is 13.0 Å². The van der Waals surface area contributed by atoms with E-state index in [1.807, 2.05) is 0 Å². The van der Waals surface area contributed by atoms with Gasteiger partial charge in [-0.3, -0.25) is 4.79 Å². The number of methoxy groups -OCH3 is 1. The number of aliphatic carboxylic acids is 1. The Bertz CT molecular complexity index is 1060. The molecule has 30 heavy (non-hydrogen) atoms. The topological polar surface area (TPSA) is 114 Å². The SMILES string of the molecule is COC(=O)c1ccccc1N=C1NC(=O)/C(=C\c2ccccc2OC(C)C(=O)O)S1. The third-order valence-electron chi connectivity index (χ3n) is 4.04. The highest BCUT2D eigenvalue weighted by Gasteiger charge is 2.25. The van der Waals surface area contributed by atoms with Gasteiger partial charge < -0.3 is 19.9 Å². The van der Waals surface area contributed by atoms with Gasteiger partial charge in [0.25, 0.3) is 5.91 Å². The lowest BCUT2D eigenvalue weighted by molar-refractivity contribution is -0.144. The van der Waals surface area contributed by atoms with Crippen LogP contribution in [0.2, 0.25) is 0 Å². The number of nitrogens with zero attached hydrogens (tertiary/aromatic N) is 1. The van der Waals surface area contributed by atoms with E-state index in [-0.39, 0.29) is 11.5 Å². The number of esters is 1. The Morgan fingerprint density at radius 2 is 1.87 bits per heavy atom. The van der Waals surface area contributed by atoms with Gasteiger partial charge in [0.2, 0.25) is 0 Å². The van der Waals surface area contributed by atoms with Gasteiger partial charge in [0.05, 0.1) is 23.3 Å². The van der Waals surface area contributed by atoms with E-state index < -0.39 is 18.0 Å². The fourth-order valence-electron chi connectivity index (χ4n) is 2.53. The zero-order valence-corrected chi connectivity index (χ0v) is 16.9. The number of carbonyl (C=O) groups is 3. The Morgan fingerprint density at radius 3 is 2.60 bits per heavy atom. The van der Waals surface area contributed by atoms with Crippen LogP contribution in [0.1, 0.15) is 22.8 Å². The number of carboxylic acids is 1. The van der Waals surface area contributed by atoms with E-state index in [0.717, 1.165) is 11.8 Å². The molecule has 1 amide bonds. The molecule has 1 aliphatic rings. The number of aliphatic imine (C=N–C) groups is 1. The summed E-state index contributed by atoms with van der Waals surface area (Å²) in [7, 11) is 1.28. The molecule has 2 aromatic carbocycles. The third kappa shape index (κ3) is 4.87. The van der Waals surface area contributed by atoms with Gasteiger partial charge in [0, 0.05) is 5.56 Å². The van der Waals surface area contributed by atoms with Crippen LogP contribution in [0.15, 0.2) is 58.4 Å². The van der Waals surface area contributed by atoms with Crippen molar-refractivity contribution in [1.82, 2.24) is 5.32 Å². The minimum atomic E-state index is -1.09. The summed E-state index contributed by atoms with van der Waals surface area (Å²) in [6.45, 7) is 1.42. The second-order valence-electron chi connectivity index (χ2n) is 6.13. The van der Waals surface area contributed by atoms with Crippen molar-refractivity contribution in [1.29, 1.82) is 0 Å². The van der Waals surface area contributed by atoms with Crippen LogP contribution >= 0.6 is 11.8 Å². The molecule has 2 N–H and O–H groups in total. The zero-order chi connectivity index (χ0) is 21.7. The number of carbonyl (C=O) groups excluding carboxylic acids is 2. The van der Waals surface area contributed by atoms with Crippen LogP contribution in [-0.4, -0.2) is 41.3 Å². The summed E-state index contributed by atoms with van der Waals surface area (Å²) < 4.78 is 10.2. The first-order valence-electron chi connectivity index (χ1n) is 8.84. The first-order valence-corrected chi connectivity index (χ1v) is 9.66. The van der Waals surface area contributed by atoms with Crippen LogP contribution in [0.5, 0.6) is 5.75 Å². The van der Waals surface area contributed by atoms with E-state index in [2.05, 4.69) is 10.3 Å². The number of thioether (sulfide) groups is 1. The minimum Gasteiger partial charge on any atom is -0.479 e. The van der Waals surface area contributed by atoms with Crippen molar-refractivity contribution in [3.05, 3.63) is 64.6 Å². The minimum absolute atomic E-state index is 0.279. The lowest BCUT2D eigenvalue weighted by Crippen LogP contribution is -2.23. The Balaban J connectivity index is 1.87. The molecule has 9 heteroatoms. The summed E-state index contributed by atoms with van der Waals surface area (Å²) >= 11 is 1.10. The molecule has 3 rings (SSSR count). The number of rotatable bonds is 6. The molecule has 1 fully saturated rings. The molecule has 0 aliphatic carbocycles. The molecule has 1 aliphatic heterocycles. The molecule has 0 radical (unpaired) electrons. The number of benzene rings is 2. The number of nitrogens with one attached hydrogen (secondary N) is 1. The summed E-state index contributed by atoms with van der Waals surface area (Å²) in [5.41, 5.74) is 1.20. The number of carboxylic acid groups (broad SMARTS) is 1. The highest BCUT2D eigenvalue weighted by molar-refractivity contribution is 8.18. The lowest BCUT2D eigenvalue weighted by atomic mass is 10.2. The quantitative estimate of drug-likeness (QED) is 0.538. The highest BCUT2D eigenvalue weighted by Crippen LogP contribution is 2.31. The van der Waals surface area contributed by atoms with Crippen molar-refractivity contribution in [2.24, 2.45) is 4.99 Å². The Hall–Kier alpha value is -3.59. The van der Waals surface area contributed by atoms with Crippen molar-refractivity contribution >= 4 is 46.5 Å². The molecule has 0 aromatic heterocycles. The van der Waals surface area contributed by atoms with Gasteiger partial charge in [0.15, 0.2) is 11.3 Å². The maximum atomic E-state index is 12.4. The van der Waals surface area contributed by atoms with E-state index in [9.17, 15) is 14.4 Å². The largest absolute Gasteiger partial charge is 0.479 e. The predicted molar refractivity (Wildman–Crippen MR) is 113 cm³/mol. The van der Waals surface area contributed by atoms with Crippen molar-refractivity contribution in [2.75, 3.05) is 7.11 Å². The molecule has 8 nitrogen and oxygen atoms in total. The molecule has 1 unspecified atom stereocenters. The third-order valence-corrected chi connectivity index (χ3v) is 4.95. The molecule has 0 spiro atoms. The van der Waals surface area contributed by atoms with Crippen molar-refractivity contribution < 1.29 is 29.0 Å². The van der Waals surface area contributed by atoms with E-state index >= 15 is 0 Å². The van der Waals surface area contributed by atoms with Crippen LogP contribution in [0.3, 0.4) is 0 Å². The lowest BCUT2D eigenvalue weighted by Gasteiger charge is -2.12. The molecule has 2 aromatic rings. The fraction of sp³-hybridized carbons (Fsp3) is 0.143. The van der Waals surface area contributed by atoms with E-state index in [4.69, 9.17) is 14.6 Å². The van der Waals surface area contributed by atoms with Gasteiger partial charge in [-0.25, -0.2) is 14.6 Å². The number of hydrogen-bond acceptors (Lipinski definition) is 7. The number of hydrogen-bond donors (Lipinski definition) is 2. The highest BCUT2D eigenvalue weighted by atomic mass is 32.2. The molecule has 1 saturated heterocycles. The molecular weight excluding hydrogens is 408 g/mol. The molecule has 0 saturated carbocycles. The van der Waals surface area contributed by atoms with Crippen LogP contribution in [-0.2, 0) is 14.3 Å². The van der Waals surface area contributed by atoms with E-state index in [0.29, 0.717) is 27.1 Å². The smallest absolute Gasteiger partial charge is 0.344 e. The number of ether oxygens (including phenoxy) is 2. The average molecular weight is 426 g/mol. The molecule has 154 valence electrons. The number of amidine groups is 1. The van der Waals surface area contributed by atoms with Crippen LogP contribution < -0.4 is 10.1 Å². The molecule has 0 bridgehead atoms. The molecule has 1 heterocycles. The predicted octanol–water partition coefficient (Wildman–Crippen LogP) is 3.22. The fourth-order valence-corrected chi connectivity index (χ4v) is 3.36. The standard InChI is InChI=1S/C21H18N2O6S/c1-12(19(25)26)29-16-10-6-3-7-13(16)11-17-18(24)23-21(30-17)22-15-9-5-4-8-14(15)20(27)28-2/h3-12H,1-2H3,(H,25,26)(H,22,23,24)/b17-11+. The van der Waals surface area contributed by atoms with Crippen LogP contribution in [0.25, 0.3) is 6.08 Å². The summed E-state index contributed by atoms with van der Waals surface area (Å²) in [6.07, 6.45) is 0.556. The Labute approximate surface area is 176 Å². The van der Waals surface area contributed by atoms with Gasteiger partial charge >= 0.3 is 11.9 Å². The normalized spacial score (nSPS) is 16.9. The number of amides is 1. The van der Waals surface area contributed by atoms with Crippen LogP contribution in [0.4, 0.5) is 5.69 Å². The first kappa shape index (κ1) is 21.1. The molecular formula is C21H18N2O6S. The second kappa shape index (κ2) is 9.27. The van der Waals surface area contributed by atoms with Crippen molar-refractivity contribution in [3.8, 4) is 5.75 Å². The summed E-state index contributed by atoms with van der Waals surface area (Å²) in [5, 5.41) is 12.0.